The molecule has 1 amide bonds. The van der Waals surface area contributed by atoms with Crippen molar-refractivity contribution < 1.29 is 14.3 Å². The summed E-state index contributed by atoms with van der Waals surface area (Å²) in [6, 6.07) is 5.36. The van der Waals surface area contributed by atoms with Gasteiger partial charge in [0.05, 0.1) is 31.7 Å². The minimum atomic E-state index is -0.377. The van der Waals surface area contributed by atoms with Crippen molar-refractivity contribution in [1.29, 1.82) is 0 Å². The number of aromatic amines is 1. The SMILES string of the molecule is COc1ccc(/C(C)=N/NC(=O)Cc2nc3sc(C)c(C)c3c(=O)[nH]2)cc1OC. The number of nitrogens with zero attached hydrogens (tertiary/aromatic N) is 2. The molecule has 29 heavy (non-hydrogen) atoms. The van der Waals surface area contributed by atoms with Gasteiger partial charge in [0.15, 0.2) is 11.5 Å². The molecule has 2 heterocycles. The summed E-state index contributed by atoms with van der Waals surface area (Å²) >= 11 is 1.44. The lowest BCUT2D eigenvalue weighted by atomic mass is 10.1. The van der Waals surface area contributed by atoms with Crippen LogP contribution < -0.4 is 20.5 Å². The Balaban J connectivity index is 1.74. The Morgan fingerprint density at radius 1 is 1.24 bits per heavy atom. The van der Waals surface area contributed by atoms with Crippen LogP contribution in [0.5, 0.6) is 11.5 Å². The predicted octanol–water partition coefficient (Wildman–Crippen LogP) is 2.70. The van der Waals surface area contributed by atoms with Crippen LogP contribution in [0, 0.1) is 13.8 Å². The monoisotopic (exact) mass is 414 g/mol. The first-order valence-corrected chi connectivity index (χ1v) is 9.70. The highest BCUT2D eigenvalue weighted by Gasteiger charge is 2.14. The van der Waals surface area contributed by atoms with Gasteiger partial charge in [0.1, 0.15) is 10.7 Å². The van der Waals surface area contributed by atoms with E-state index in [1.54, 1.807) is 33.3 Å². The minimum absolute atomic E-state index is 0.0795. The maximum Gasteiger partial charge on any atom is 0.259 e. The van der Waals surface area contributed by atoms with Gasteiger partial charge in [-0.15, -0.1) is 11.3 Å². The first-order valence-electron chi connectivity index (χ1n) is 8.88. The zero-order chi connectivity index (χ0) is 21.1. The van der Waals surface area contributed by atoms with Gasteiger partial charge in [0, 0.05) is 10.4 Å². The van der Waals surface area contributed by atoms with Crippen LogP contribution in [0.3, 0.4) is 0 Å². The molecule has 0 saturated heterocycles. The molecule has 0 radical (unpaired) electrons. The predicted molar refractivity (Wildman–Crippen MR) is 113 cm³/mol. The summed E-state index contributed by atoms with van der Waals surface area (Å²) in [5.41, 5.74) is 4.56. The summed E-state index contributed by atoms with van der Waals surface area (Å²) < 4.78 is 10.5. The topological polar surface area (TPSA) is 106 Å². The second kappa shape index (κ2) is 8.44. The van der Waals surface area contributed by atoms with Crippen molar-refractivity contribution in [3.63, 3.8) is 0 Å². The number of aryl methyl sites for hydroxylation is 2. The van der Waals surface area contributed by atoms with E-state index in [9.17, 15) is 9.59 Å². The summed E-state index contributed by atoms with van der Waals surface area (Å²) in [5, 5.41) is 4.71. The first-order chi connectivity index (χ1) is 13.8. The molecular formula is C20H22N4O4S. The Morgan fingerprint density at radius 3 is 2.66 bits per heavy atom. The molecule has 0 aliphatic carbocycles. The third-order valence-corrected chi connectivity index (χ3v) is 5.67. The fourth-order valence-electron chi connectivity index (χ4n) is 2.85. The van der Waals surface area contributed by atoms with Crippen LogP contribution in [0.1, 0.15) is 28.8 Å². The van der Waals surface area contributed by atoms with Crippen molar-refractivity contribution in [1.82, 2.24) is 15.4 Å². The Kier molecular flexibility index (Phi) is 5.97. The molecule has 0 spiro atoms. The maximum atomic E-state index is 12.3. The van der Waals surface area contributed by atoms with Gasteiger partial charge in [-0.2, -0.15) is 5.10 Å². The van der Waals surface area contributed by atoms with Crippen molar-refractivity contribution in [3.05, 3.63) is 50.4 Å². The van der Waals surface area contributed by atoms with Gasteiger partial charge >= 0.3 is 0 Å². The van der Waals surface area contributed by atoms with Gasteiger partial charge in [-0.3, -0.25) is 9.59 Å². The molecule has 0 fully saturated rings. The number of benzene rings is 1. The van der Waals surface area contributed by atoms with Crippen molar-refractivity contribution in [2.24, 2.45) is 5.10 Å². The van der Waals surface area contributed by atoms with Crippen LogP contribution >= 0.6 is 11.3 Å². The molecule has 8 nitrogen and oxygen atoms in total. The van der Waals surface area contributed by atoms with E-state index in [1.807, 2.05) is 19.9 Å². The number of methoxy groups -OCH3 is 2. The molecule has 0 aliphatic heterocycles. The number of hydrazone groups is 1. The van der Waals surface area contributed by atoms with Crippen molar-refractivity contribution >= 4 is 33.2 Å². The summed E-state index contributed by atoms with van der Waals surface area (Å²) in [7, 11) is 3.12. The molecule has 0 bridgehead atoms. The van der Waals surface area contributed by atoms with E-state index in [1.165, 1.54) is 11.3 Å². The van der Waals surface area contributed by atoms with E-state index in [0.717, 1.165) is 16.0 Å². The van der Waals surface area contributed by atoms with Gasteiger partial charge < -0.3 is 14.5 Å². The number of H-pyrrole nitrogens is 1. The number of thiophene rings is 1. The molecular weight excluding hydrogens is 392 g/mol. The van der Waals surface area contributed by atoms with Gasteiger partial charge in [0.25, 0.3) is 5.56 Å². The quantitative estimate of drug-likeness (QED) is 0.477. The highest BCUT2D eigenvalue weighted by Crippen LogP contribution is 2.28. The number of carbonyl (C=O) groups excluding carboxylic acids is 1. The lowest BCUT2D eigenvalue weighted by molar-refractivity contribution is -0.120. The molecule has 0 atom stereocenters. The first kappa shape index (κ1) is 20.5. The number of amides is 1. The number of ether oxygens (including phenoxy) is 2. The second-order valence-corrected chi connectivity index (χ2v) is 7.66. The number of hydrogen-bond acceptors (Lipinski definition) is 7. The van der Waals surface area contributed by atoms with Crippen LogP contribution in [0.2, 0.25) is 0 Å². The Morgan fingerprint density at radius 2 is 1.97 bits per heavy atom. The standard InChI is InChI=1S/C20H22N4O4S/c1-10-12(3)29-20-18(10)19(26)21-16(22-20)9-17(25)24-23-11(2)13-6-7-14(27-4)15(8-13)28-5/h6-8H,9H2,1-5H3,(H,24,25)(H,21,22,26)/b23-11+. The lowest BCUT2D eigenvalue weighted by Gasteiger charge is -2.09. The van der Waals surface area contributed by atoms with E-state index >= 15 is 0 Å². The number of rotatable bonds is 6. The number of aromatic nitrogens is 2. The number of nitrogens with one attached hydrogen (secondary N) is 2. The Bertz CT molecular complexity index is 1160. The van der Waals surface area contributed by atoms with Crippen LogP contribution in [0.15, 0.2) is 28.1 Å². The third kappa shape index (κ3) is 4.29. The van der Waals surface area contributed by atoms with Crippen molar-refractivity contribution in [3.8, 4) is 11.5 Å². The van der Waals surface area contributed by atoms with Gasteiger partial charge in [-0.1, -0.05) is 0 Å². The van der Waals surface area contributed by atoms with E-state index in [0.29, 0.717) is 33.3 Å². The molecule has 3 aromatic rings. The van der Waals surface area contributed by atoms with Crippen LogP contribution in [0.4, 0.5) is 0 Å². The molecule has 0 saturated carbocycles. The van der Waals surface area contributed by atoms with Crippen LogP contribution in [0.25, 0.3) is 10.2 Å². The van der Waals surface area contributed by atoms with Gasteiger partial charge in [-0.25, -0.2) is 10.4 Å². The molecule has 0 unspecified atom stereocenters. The summed E-state index contributed by atoms with van der Waals surface area (Å²) in [6.45, 7) is 5.60. The molecule has 3 rings (SSSR count). The van der Waals surface area contributed by atoms with Crippen LogP contribution in [-0.2, 0) is 11.2 Å². The van der Waals surface area contributed by atoms with Gasteiger partial charge in [0.2, 0.25) is 5.91 Å². The highest BCUT2D eigenvalue weighted by molar-refractivity contribution is 7.18. The lowest BCUT2D eigenvalue weighted by Crippen LogP contribution is -2.24. The number of hydrogen-bond donors (Lipinski definition) is 2. The maximum absolute atomic E-state index is 12.3. The fraction of sp³-hybridized carbons (Fsp3) is 0.300. The largest absolute Gasteiger partial charge is 0.493 e. The van der Waals surface area contributed by atoms with E-state index in [2.05, 4.69) is 20.5 Å². The highest BCUT2D eigenvalue weighted by atomic mass is 32.1. The number of carbonyl (C=O) groups is 1. The summed E-state index contributed by atoms with van der Waals surface area (Å²) in [6.07, 6.45) is -0.0795. The van der Waals surface area contributed by atoms with Crippen molar-refractivity contribution in [2.45, 2.75) is 27.2 Å². The smallest absolute Gasteiger partial charge is 0.259 e. The Hall–Kier alpha value is -3.20. The summed E-state index contributed by atoms with van der Waals surface area (Å²) in [4.78, 5) is 33.3. The zero-order valence-electron chi connectivity index (χ0n) is 16.9. The minimum Gasteiger partial charge on any atom is -0.493 e. The van der Waals surface area contributed by atoms with Gasteiger partial charge in [-0.05, 0) is 44.5 Å². The number of fused-ring (bicyclic) bond motifs is 1. The zero-order valence-corrected chi connectivity index (χ0v) is 17.7. The normalized spacial score (nSPS) is 11.6. The Labute approximate surface area is 171 Å². The molecule has 9 heteroatoms. The molecule has 1 aromatic carbocycles. The molecule has 152 valence electrons. The van der Waals surface area contributed by atoms with E-state index in [-0.39, 0.29) is 17.9 Å². The van der Waals surface area contributed by atoms with E-state index in [4.69, 9.17) is 9.47 Å². The average Bonchev–Trinajstić information content (AvgIpc) is 2.99. The third-order valence-electron chi connectivity index (χ3n) is 4.57. The average molecular weight is 414 g/mol. The fourth-order valence-corrected chi connectivity index (χ4v) is 3.90. The molecule has 0 aliphatic rings. The molecule has 2 N–H and O–H groups in total. The summed E-state index contributed by atoms with van der Waals surface area (Å²) in [5.74, 6) is 1.11. The van der Waals surface area contributed by atoms with E-state index < -0.39 is 0 Å². The van der Waals surface area contributed by atoms with Crippen LogP contribution in [-0.4, -0.2) is 35.8 Å². The van der Waals surface area contributed by atoms with Crippen molar-refractivity contribution in [2.75, 3.05) is 14.2 Å². The second-order valence-electron chi connectivity index (χ2n) is 6.45. The molecule has 2 aromatic heterocycles.